The summed E-state index contributed by atoms with van der Waals surface area (Å²) in [4.78, 5) is 7.27. The van der Waals surface area contributed by atoms with Gasteiger partial charge < -0.3 is 4.90 Å². The molecule has 1 saturated heterocycles. The van der Waals surface area contributed by atoms with E-state index in [0.29, 0.717) is 0 Å². The molecule has 0 N–H and O–H groups in total. The maximum absolute atomic E-state index is 4.78. The Kier molecular flexibility index (Phi) is 3.75. The minimum absolute atomic E-state index is 0.763. The van der Waals surface area contributed by atoms with Gasteiger partial charge in [-0.3, -0.25) is 0 Å². The predicted molar refractivity (Wildman–Crippen MR) is 83.0 cm³/mol. The SMILES string of the molecule is CSC1CCCCN(c2nc3ccccc3s2)C1. The number of hydrogen-bond acceptors (Lipinski definition) is 4. The van der Waals surface area contributed by atoms with Crippen molar-refractivity contribution in [2.24, 2.45) is 0 Å². The fourth-order valence-corrected chi connectivity index (χ4v) is 4.20. The molecule has 3 rings (SSSR count). The van der Waals surface area contributed by atoms with Crippen LogP contribution in [0, 0.1) is 0 Å². The average Bonchev–Trinajstić information content (AvgIpc) is 2.69. The quantitative estimate of drug-likeness (QED) is 0.825. The summed E-state index contributed by atoms with van der Waals surface area (Å²) in [6, 6.07) is 8.44. The van der Waals surface area contributed by atoms with Gasteiger partial charge in [-0.05, 0) is 31.2 Å². The maximum atomic E-state index is 4.78. The van der Waals surface area contributed by atoms with Gasteiger partial charge in [-0.25, -0.2) is 4.98 Å². The van der Waals surface area contributed by atoms with E-state index in [-0.39, 0.29) is 0 Å². The van der Waals surface area contributed by atoms with Crippen LogP contribution in [0.3, 0.4) is 0 Å². The molecule has 2 nitrogen and oxygen atoms in total. The highest BCUT2D eigenvalue weighted by Crippen LogP contribution is 2.31. The lowest BCUT2D eigenvalue weighted by molar-refractivity contribution is 0.736. The molecule has 2 aromatic rings. The highest BCUT2D eigenvalue weighted by Gasteiger charge is 2.19. The van der Waals surface area contributed by atoms with Crippen LogP contribution in [0.25, 0.3) is 10.2 Å². The summed E-state index contributed by atoms with van der Waals surface area (Å²) in [6.45, 7) is 2.32. The molecule has 0 bridgehead atoms. The van der Waals surface area contributed by atoms with E-state index in [1.165, 1.54) is 29.1 Å². The van der Waals surface area contributed by atoms with Crippen molar-refractivity contribution in [2.75, 3.05) is 24.2 Å². The van der Waals surface area contributed by atoms with E-state index in [2.05, 4.69) is 35.4 Å². The number of thioether (sulfide) groups is 1. The Morgan fingerprint density at radius 2 is 2.22 bits per heavy atom. The normalized spacial score (nSPS) is 21.2. The summed E-state index contributed by atoms with van der Waals surface area (Å²) in [7, 11) is 0. The second-order valence-electron chi connectivity index (χ2n) is 4.76. The third kappa shape index (κ3) is 2.50. The van der Waals surface area contributed by atoms with Crippen molar-refractivity contribution in [1.82, 2.24) is 4.98 Å². The Bertz CT molecular complexity index is 490. The van der Waals surface area contributed by atoms with Gasteiger partial charge >= 0.3 is 0 Å². The summed E-state index contributed by atoms with van der Waals surface area (Å²) in [6.07, 6.45) is 6.23. The zero-order valence-corrected chi connectivity index (χ0v) is 12.3. The first-order valence-electron chi connectivity index (χ1n) is 6.50. The summed E-state index contributed by atoms with van der Waals surface area (Å²) in [5.74, 6) is 0. The molecule has 2 heterocycles. The van der Waals surface area contributed by atoms with E-state index >= 15 is 0 Å². The van der Waals surface area contributed by atoms with Gasteiger partial charge in [0.25, 0.3) is 0 Å². The number of rotatable bonds is 2. The van der Waals surface area contributed by atoms with E-state index < -0.39 is 0 Å². The highest BCUT2D eigenvalue weighted by molar-refractivity contribution is 7.99. The lowest BCUT2D eigenvalue weighted by Crippen LogP contribution is -2.29. The van der Waals surface area contributed by atoms with E-state index in [0.717, 1.165) is 23.9 Å². The van der Waals surface area contributed by atoms with Gasteiger partial charge in [0.1, 0.15) is 0 Å². The molecule has 4 heteroatoms. The Balaban J connectivity index is 1.87. The molecule has 1 aliphatic heterocycles. The lowest BCUT2D eigenvalue weighted by atomic mass is 10.2. The number of benzene rings is 1. The van der Waals surface area contributed by atoms with E-state index in [4.69, 9.17) is 4.98 Å². The second-order valence-corrected chi connectivity index (χ2v) is 6.91. The summed E-state index contributed by atoms with van der Waals surface area (Å²) < 4.78 is 1.30. The monoisotopic (exact) mass is 278 g/mol. The Morgan fingerprint density at radius 3 is 3.06 bits per heavy atom. The highest BCUT2D eigenvalue weighted by atomic mass is 32.2. The molecule has 1 aromatic carbocycles. The lowest BCUT2D eigenvalue weighted by Gasteiger charge is -2.22. The first kappa shape index (κ1) is 12.3. The van der Waals surface area contributed by atoms with Crippen molar-refractivity contribution in [1.29, 1.82) is 0 Å². The van der Waals surface area contributed by atoms with Gasteiger partial charge in [0, 0.05) is 18.3 Å². The molecule has 1 aromatic heterocycles. The average molecular weight is 278 g/mol. The van der Waals surface area contributed by atoms with E-state index in [1.54, 1.807) is 0 Å². The van der Waals surface area contributed by atoms with Crippen LogP contribution in [-0.2, 0) is 0 Å². The number of anilines is 1. The van der Waals surface area contributed by atoms with Crippen molar-refractivity contribution < 1.29 is 0 Å². The molecule has 0 saturated carbocycles. The molecular formula is C14H18N2S2. The van der Waals surface area contributed by atoms with Crippen LogP contribution in [0.5, 0.6) is 0 Å². The molecule has 1 aliphatic rings. The molecule has 0 amide bonds. The van der Waals surface area contributed by atoms with Crippen LogP contribution < -0.4 is 4.90 Å². The molecule has 1 fully saturated rings. The topological polar surface area (TPSA) is 16.1 Å². The van der Waals surface area contributed by atoms with Gasteiger partial charge in [0.05, 0.1) is 10.2 Å². The molecule has 18 heavy (non-hydrogen) atoms. The van der Waals surface area contributed by atoms with Crippen molar-refractivity contribution in [3.63, 3.8) is 0 Å². The van der Waals surface area contributed by atoms with E-state index in [1.807, 2.05) is 23.1 Å². The zero-order valence-electron chi connectivity index (χ0n) is 10.6. The van der Waals surface area contributed by atoms with Crippen LogP contribution in [0.15, 0.2) is 24.3 Å². The van der Waals surface area contributed by atoms with Crippen molar-refractivity contribution in [3.05, 3.63) is 24.3 Å². The number of para-hydroxylation sites is 1. The van der Waals surface area contributed by atoms with E-state index in [9.17, 15) is 0 Å². The van der Waals surface area contributed by atoms with Crippen molar-refractivity contribution in [2.45, 2.75) is 24.5 Å². The van der Waals surface area contributed by atoms with Gasteiger partial charge in [-0.2, -0.15) is 11.8 Å². The molecule has 0 radical (unpaired) electrons. The van der Waals surface area contributed by atoms with Crippen molar-refractivity contribution in [3.8, 4) is 0 Å². The zero-order chi connectivity index (χ0) is 12.4. The number of nitrogens with zero attached hydrogens (tertiary/aromatic N) is 2. The van der Waals surface area contributed by atoms with Gasteiger partial charge in [-0.15, -0.1) is 0 Å². The molecule has 0 spiro atoms. The van der Waals surface area contributed by atoms with Crippen LogP contribution in [0.1, 0.15) is 19.3 Å². The Morgan fingerprint density at radius 1 is 1.33 bits per heavy atom. The molecule has 1 atom stereocenters. The smallest absolute Gasteiger partial charge is 0.186 e. The number of fused-ring (bicyclic) bond motifs is 1. The van der Waals surface area contributed by atoms with Crippen LogP contribution in [0.4, 0.5) is 5.13 Å². The Labute approximate surface area is 116 Å². The number of thiazole rings is 1. The Hall–Kier alpha value is -0.740. The van der Waals surface area contributed by atoms with Gasteiger partial charge in [0.2, 0.25) is 0 Å². The third-order valence-electron chi connectivity index (χ3n) is 3.51. The maximum Gasteiger partial charge on any atom is 0.186 e. The fraction of sp³-hybridized carbons (Fsp3) is 0.500. The first-order valence-corrected chi connectivity index (χ1v) is 8.60. The summed E-state index contributed by atoms with van der Waals surface area (Å²) >= 11 is 3.83. The summed E-state index contributed by atoms with van der Waals surface area (Å²) in [5.41, 5.74) is 1.14. The number of aromatic nitrogens is 1. The second kappa shape index (κ2) is 5.49. The van der Waals surface area contributed by atoms with Gasteiger partial charge in [0.15, 0.2) is 5.13 Å². The summed E-state index contributed by atoms with van der Waals surface area (Å²) in [5, 5.41) is 1.97. The molecule has 1 unspecified atom stereocenters. The van der Waals surface area contributed by atoms with Crippen LogP contribution in [0.2, 0.25) is 0 Å². The number of hydrogen-bond donors (Lipinski definition) is 0. The largest absolute Gasteiger partial charge is 0.347 e. The molecular weight excluding hydrogens is 260 g/mol. The molecule has 96 valence electrons. The van der Waals surface area contributed by atoms with Gasteiger partial charge in [-0.1, -0.05) is 29.9 Å². The van der Waals surface area contributed by atoms with Crippen LogP contribution in [-0.4, -0.2) is 29.6 Å². The van der Waals surface area contributed by atoms with Crippen molar-refractivity contribution >= 4 is 38.4 Å². The molecule has 0 aliphatic carbocycles. The predicted octanol–water partition coefficient (Wildman–Crippen LogP) is 4.02. The fourth-order valence-electron chi connectivity index (χ4n) is 2.46. The minimum atomic E-state index is 0.763. The standard InChI is InChI=1S/C14H18N2S2/c1-17-11-6-4-5-9-16(10-11)14-15-12-7-2-3-8-13(12)18-14/h2-3,7-8,11H,4-6,9-10H2,1H3. The first-order chi connectivity index (χ1) is 8.86. The van der Waals surface area contributed by atoms with Crippen LogP contribution >= 0.6 is 23.1 Å². The third-order valence-corrected chi connectivity index (χ3v) is 5.66. The minimum Gasteiger partial charge on any atom is -0.347 e.